The van der Waals surface area contributed by atoms with Crippen LogP contribution in [0.5, 0.6) is 0 Å². The first kappa shape index (κ1) is 16.9. The summed E-state index contributed by atoms with van der Waals surface area (Å²) in [6.07, 6.45) is -1.07. The van der Waals surface area contributed by atoms with Crippen LogP contribution in [0.1, 0.15) is 23.3 Å². The average Bonchev–Trinajstić information content (AvgIpc) is 2.52. The van der Waals surface area contributed by atoms with E-state index in [9.17, 15) is 9.67 Å². The molecule has 0 saturated carbocycles. The highest BCUT2D eigenvalue weighted by atomic mass is 31.2. The van der Waals surface area contributed by atoms with Crippen molar-refractivity contribution in [3.8, 4) is 0 Å². The molecule has 2 aromatic rings. The summed E-state index contributed by atoms with van der Waals surface area (Å²) in [5, 5.41) is 13.7. The minimum absolute atomic E-state index is 0.119. The van der Waals surface area contributed by atoms with Gasteiger partial charge in [0.2, 0.25) is 0 Å². The van der Waals surface area contributed by atoms with Crippen molar-refractivity contribution >= 4 is 7.60 Å². The zero-order valence-electron chi connectivity index (χ0n) is 12.0. The van der Waals surface area contributed by atoms with Crippen LogP contribution in [0.25, 0.3) is 0 Å². The minimum atomic E-state index is -4.06. The van der Waals surface area contributed by atoms with Gasteiger partial charge in [-0.1, -0.05) is 60.7 Å². The molecule has 0 spiro atoms. The Kier molecular flexibility index (Phi) is 5.89. The second-order valence-electron chi connectivity index (χ2n) is 5.09. The van der Waals surface area contributed by atoms with Gasteiger partial charge in [0.15, 0.2) is 0 Å². The largest absolute Gasteiger partial charge is 0.386 e. The molecule has 22 heavy (non-hydrogen) atoms. The minimum Gasteiger partial charge on any atom is -0.386 e. The van der Waals surface area contributed by atoms with E-state index in [1.165, 1.54) is 0 Å². The quantitative estimate of drug-likeness (QED) is 0.587. The number of rotatable bonds is 7. The van der Waals surface area contributed by atoms with Gasteiger partial charge in [-0.15, -0.1) is 0 Å². The van der Waals surface area contributed by atoms with E-state index in [4.69, 9.17) is 9.79 Å². The summed E-state index contributed by atoms with van der Waals surface area (Å²) in [6.45, 7) is 0.119. The van der Waals surface area contributed by atoms with E-state index < -0.39 is 19.7 Å². The molecule has 0 saturated heterocycles. The standard InChI is InChI=1S/C16H20NO4P/c18-16(14-9-5-2-6-10-14)15(13-7-3-1-4-8-13)17-11-12-22(19,20)21/h1-10,15-18H,11-12H2,(H2,19,20,21)/t15-,16+/m1/s1. The lowest BCUT2D eigenvalue weighted by atomic mass is 9.96. The zero-order chi connectivity index (χ0) is 16.0. The molecule has 2 aromatic carbocycles. The molecule has 0 aromatic heterocycles. The molecule has 0 unspecified atom stereocenters. The fourth-order valence-corrected chi connectivity index (χ4v) is 2.70. The van der Waals surface area contributed by atoms with E-state index in [0.29, 0.717) is 0 Å². The van der Waals surface area contributed by atoms with E-state index in [2.05, 4.69) is 5.32 Å². The van der Waals surface area contributed by atoms with Crippen molar-refractivity contribution in [3.05, 3.63) is 71.8 Å². The van der Waals surface area contributed by atoms with Crippen molar-refractivity contribution in [2.75, 3.05) is 12.7 Å². The molecule has 5 nitrogen and oxygen atoms in total. The first-order valence-electron chi connectivity index (χ1n) is 7.03. The van der Waals surface area contributed by atoms with Crippen molar-refractivity contribution in [3.63, 3.8) is 0 Å². The van der Waals surface area contributed by atoms with Crippen molar-refractivity contribution in [2.45, 2.75) is 12.1 Å². The van der Waals surface area contributed by atoms with Crippen LogP contribution in [-0.2, 0) is 4.57 Å². The van der Waals surface area contributed by atoms with Crippen LogP contribution in [0.4, 0.5) is 0 Å². The number of benzene rings is 2. The molecule has 0 amide bonds. The number of aliphatic hydroxyl groups is 1. The Morgan fingerprint density at radius 3 is 1.91 bits per heavy atom. The van der Waals surface area contributed by atoms with Crippen LogP contribution in [0.2, 0.25) is 0 Å². The van der Waals surface area contributed by atoms with E-state index in [-0.39, 0.29) is 12.7 Å². The number of aliphatic hydroxyl groups excluding tert-OH is 1. The Balaban J connectivity index is 2.17. The predicted octanol–water partition coefficient (Wildman–Crippen LogP) is 2.23. The summed E-state index contributed by atoms with van der Waals surface area (Å²) in [5.74, 6) is 0. The SMILES string of the molecule is O=P(O)(O)CCN[C@H](c1ccccc1)[C@@H](O)c1ccccc1. The van der Waals surface area contributed by atoms with E-state index >= 15 is 0 Å². The summed E-state index contributed by atoms with van der Waals surface area (Å²) in [7, 11) is -4.06. The normalized spacial score (nSPS) is 14.5. The molecule has 2 rings (SSSR count). The molecule has 0 aliphatic rings. The molecule has 0 bridgehead atoms. The van der Waals surface area contributed by atoms with Gasteiger partial charge in [0, 0.05) is 6.54 Å². The molecule has 0 fully saturated rings. The smallest absolute Gasteiger partial charge is 0.326 e. The molecule has 0 heterocycles. The summed E-state index contributed by atoms with van der Waals surface area (Å²) < 4.78 is 11.0. The van der Waals surface area contributed by atoms with Gasteiger partial charge >= 0.3 is 7.60 Å². The molecule has 2 atom stereocenters. The third kappa shape index (κ3) is 5.05. The molecule has 6 heteroatoms. The monoisotopic (exact) mass is 321 g/mol. The van der Waals surface area contributed by atoms with Crippen molar-refractivity contribution in [1.29, 1.82) is 0 Å². The van der Waals surface area contributed by atoms with Crippen LogP contribution in [-0.4, -0.2) is 27.6 Å². The number of hydrogen-bond acceptors (Lipinski definition) is 3. The maximum atomic E-state index is 11.0. The van der Waals surface area contributed by atoms with Crippen molar-refractivity contribution < 1.29 is 19.5 Å². The van der Waals surface area contributed by atoms with Crippen LogP contribution < -0.4 is 5.32 Å². The lowest BCUT2D eigenvalue weighted by Gasteiger charge is -2.25. The van der Waals surface area contributed by atoms with Gasteiger partial charge in [0.1, 0.15) is 0 Å². The van der Waals surface area contributed by atoms with Crippen LogP contribution in [0, 0.1) is 0 Å². The fraction of sp³-hybridized carbons (Fsp3) is 0.250. The number of hydrogen-bond donors (Lipinski definition) is 4. The van der Waals surface area contributed by atoms with E-state index in [0.717, 1.165) is 11.1 Å². The predicted molar refractivity (Wildman–Crippen MR) is 85.5 cm³/mol. The van der Waals surface area contributed by atoms with E-state index in [1.807, 2.05) is 60.7 Å². The topological polar surface area (TPSA) is 89.8 Å². The van der Waals surface area contributed by atoms with Gasteiger partial charge in [0.25, 0.3) is 0 Å². The average molecular weight is 321 g/mol. The Bertz CT molecular complexity index is 615. The zero-order valence-corrected chi connectivity index (χ0v) is 12.9. The van der Waals surface area contributed by atoms with Gasteiger partial charge in [-0.2, -0.15) is 0 Å². The van der Waals surface area contributed by atoms with Gasteiger partial charge in [-0.05, 0) is 11.1 Å². The molecule has 0 radical (unpaired) electrons. The maximum Gasteiger partial charge on any atom is 0.326 e. The fourth-order valence-electron chi connectivity index (χ4n) is 2.28. The molecule has 0 aliphatic heterocycles. The molecular formula is C16H20NO4P. The Morgan fingerprint density at radius 2 is 1.41 bits per heavy atom. The first-order valence-corrected chi connectivity index (χ1v) is 8.83. The van der Waals surface area contributed by atoms with Gasteiger partial charge < -0.3 is 20.2 Å². The van der Waals surface area contributed by atoms with Crippen LogP contribution >= 0.6 is 7.60 Å². The maximum absolute atomic E-state index is 11.0. The lowest BCUT2D eigenvalue weighted by Crippen LogP contribution is -2.29. The molecular weight excluding hydrogens is 301 g/mol. The Labute approximate surface area is 129 Å². The number of nitrogens with one attached hydrogen (secondary N) is 1. The third-order valence-electron chi connectivity index (χ3n) is 3.38. The lowest BCUT2D eigenvalue weighted by molar-refractivity contribution is 0.129. The highest BCUT2D eigenvalue weighted by molar-refractivity contribution is 7.51. The van der Waals surface area contributed by atoms with Crippen molar-refractivity contribution in [1.82, 2.24) is 5.32 Å². The highest BCUT2D eigenvalue weighted by Gasteiger charge is 2.23. The Morgan fingerprint density at radius 1 is 0.909 bits per heavy atom. The first-order chi connectivity index (χ1) is 10.5. The van der Waals surface area contributed by atoms with Crippen molar-refractivity contribution in [2.24, 2.45) is 0 Å². The van der Waals surface area contributed by atoms with Crippen LogP contribution in [0.3, 0.4) is 0 Å². The molecule has 4 N–H and O–H groups in total. The van der Waals surface area contributed by atoms with Crippen LogP contribution in [0.15, 0.2) is 60.7 Å². The van der Waals surface area contributed by atoms with Gasteiger partial charge in [-0.3, -0.25) is 4.57 Å². The summed E-state index contributed by atoms with van der Waals surface area (Å²) in [6, 6.07) is 18.1. The Hall–Kier alpha value is -1.49. The third-order valence-corrected chi connectivity index (χ3v) is 4.19. The molecule has 118 valence electrons. The second-order valence-corrected chi connectivity index (χ2v) is 6.86. The summed E-state index contributed by atoms with van der Waals surface area (Å²) in [5.41, 5.74) is 1.62. The second kappa shape index (κ2) is 7.68. The molecule has 0 aliphatic carbocycles. The highest BCUT2D eigenvalue weighted by Crippen LogP contribution is 2.34. The summed E-state index contributed by atoms with van der Waals surface area (Å²) in [4.78, 5) is 17.9. The van der Waals surface area contributed by atoms with E-state index in [1.54, 1.807) is 0 Å². The van der Waals surface area contributed by atoms with Gasteiger partial charge in [0.05, 0.1) is 18.3 Å². The summed E-state index contributed by atoms with van der Waals surface area (Å²) >= 11 is 0. The van der Waals surface area contributed by atoms with Gasteiger partial charge in [-0.25, -0.2) is 0 Å².